The van der Waals surface area contributed by atoms with Crippen LogP contribution in [0.3, 0.4) is 0 Å². The Hall–Kier alpha value is -5.72. The van der Waals surface area contributed by atoms with Gasteiger partial charge in [0.25, 0.3) is 0 Å². The van der Waals surface area contributed by atoms with E-state index in [0.29, 0.717) is 0 Å². The van der Waals surface area contributed by atoms with Crippen LogP contribution < -0.4 is 0 Å². The van der Waals surface area contributed by atoms with Crippen molar-refractivity contribution in [2.45, 2.75) is 38.5 Å². The zero-order chi connectivity index (χ0) is 33.8. The molecule has 0 aromatic heterocycles. The summed E-state index contributed by atoms with van der Waals surface area (Å²) in [6, 6.07) is 59.5. The van der Waals surface area contributed by atoms with Crippen LogP contribution in [0.15, 0.2) is 158 Å². The predicted octanol–water partition coefficient (Wildman–Crippen LogP) is 13.6. The van der Waals surface area contributed by atoms with E-state index < -0.39 is 0 Å². The number of fused-ring (bicyclic) bond motifs is 9. The fourth-order valence-corrected chi connectivity index (χ4v) is 9.11. The van der Waals surface area contributed by atoms with E-state index in [2.05, 4.69) is 185 Å². The molecule has 0 N–H and O–H groups in total. The summed E-state index contributed by atoms with van der Waals surface area (Å²) in [5.74, 6) is 0. The second-order valence-electron chi connectivity index (χ2n) is 15.4. The minimum atomic E-state index is -0.0141. The molecule has 8 aromatic rings. The van der Waals surface area contributed by atoms with E-state index >= 15 is 0 Å². The van der Waals surface area contributed by atoms with Crippen LogP contribution in [0, 0.1) is 0 Å². The first-order valence-electron chi connectivity index (χ1n) is 17.8. The molecule has 0 aliphatic heterocycles. The van der Waals surface area contributed by atoms with Gasteiger partial charge in [-0.25, -0.2) is 0 Å². The van der Waals surface area contributed by atoms with Crippen molar-refractivity contribution in [1.82, 2.24) is 0 Å². The molecule has 2 aliphatic rings. The molecule has 0 saturated heterocycles. The molecule has 0 radical (unpaired) electrons. The average Bonchev–Trinajstić information content (AvgIpc) is 3.53. The lowest BCUT2D eigenvalue weighted by Gasteiger charge is -2.21. The van der Waals surface area contributed by atoms with Gasteiger partial charge in [-0.15, -0.1) is 0 Å². The van der Waals surface area contributed by atoms with Gasteiger partial charge in [0.15, 0.2) is 0 Å². The van der Waals surface area contributed by atoms with E-state index in [9.17, 15) is 0 Å². The van der Waals surface area contributed by atoms with Gasteiger partial charge < -0.3 is 0 Å². The Kier molecular flexibility index (Phi) is 6.07. The Labute approximate surface area is 294 Å². The third-order valence-electron chi connectivity index (χ3n) is 11.8. The molecule has 0 atom stereocenters. The SMILES string of the molecule is CC1(C)c2ccccc2-c2cc(-c3cc(-c4ccc5c(c4)-c4ccccc4C5(C)C)cc(-c4ccc5ccc6ccccc6c5c4)c3)ccc21. The second-order valence-corrected chi connectivity index (χ2v) is 15.4. The molecule has 0 unspecified atom stereocenters. The molecule has 8 aromatic carbocycles. The Morgan fingerprint density at radius 3 is 1.24 bits per heavy atom. The Bertz CT molecular complexity index is 2570. The molecule has 10 rings (SSSR count). The topological polar surface area (TPSA) is 0 Å². The highest BCUT2D eigenvalue weighted by molar-refractivity contribution is 6.09. The lowest BCUT2D eigenvalue weighted by atomic mass is 9.82. The van der Waals surface area contributed by atoms with Crippen LogP contribution in [0.5, 0.6) is 0 Å². The van der Waals surface area contributed by atoms with Gasteiger partial charge in [-0.3, -0.25) is 0 Å². The van der Waals surface area contributed by atoms with Gasteiger partial charge in [-0.2, -0.15) is 0 Å². The van der Waals surface area contributed by atoms with Crippen molar-refractivity contribution < 1.29 is 0 Å². The minimum Gasteiger partial charge on any atom is -0.0619 e. The lowest BCUT2D eigenvalue weighted by molar-refractivity contribution is 0.660. The van der Waals surface area contributed by atoms with Crippen LogP contribution in [0.4, 0.5) is 0 Å². The van der Waals surface area contributed by atoms with Crippen molar-refractivity contribution in [2.24, 2.45) is 0 Å². The van der Waals surface area contributed by atoms with Crippen molar-refractivity contribution in [3.63, 3.8) is 0 Å². The van der Waals surface area contributed by atoms with Gasteiger partial charge in [0.2, 0.25) is 0 Å². The van der Waals surface area contributed by atoms with Crippen LogP contribution in [0.1, 0.15) is 49.9 Å². The third-order valence-corrected chi connectivity index (χ3v) is 11.8. The average molecular weight is 639 g/mol. The molecule has 0 heterocycles. The first-order chi connectivity index (χ1) is 24.3. The van der Waals surface area contributed by atoms with Crippen molar-refractivity contribution in [2.75, 3.05) is 0 Å². The predicted molar refractivity (Wildman–Crippen MR) is 213 cm³/mol. The van der Waals surface area contributed by atoms with E-state index in [-0.39, 0.29) is 10.8 Å². The highest BCUT2D eigenvalue weighted by Crippen LogP contribution is 2.51. The molecule has 2 aliphatic carbocycles. The summed E-state index contributed by atoms with van der Waals surface area (Å²) in [5.41, 5.74) is 18.4. The Balaban J connectivity index is 1.19. The summed E-state index contributed by atoms with van der Waals surface area (Å²) < 4.78 is 0. The molecule has 0 heteroatoms. The third kappa shape index (κ3) is 4.18. The van der Waals surface area contributed by atoms with Crippen LogP contribution in [-0.2, 0) is 10.8 Å². The first-order valence-corrected chi connectivity index (χ1v) is 17.8. The van der Waals surface area contributed by atoms with E-state index in [1.165, 1.54) is 99.4 Å². The van der Waals surface area contributed by atoms with E-state index in [0.717, 1.165) is 0 Å². The second kappa shape index (κ2) is 10.4. The lowest BCUT2D eigenvalue weighted by Crippen LogP contribution is -2.14. The van der Waals surface area contributed by atoms with Gasteiger partial charge in [-0.1, -0.05) is 149 Å². The Morgan fingerprint density at radius 1 is 0.280 bits per heavy atom. The van der Waals surface area contributed by atoms with Crippen molar-refractivity contribution in [3.8, 4) is 55.6 Å². The zero-order valence-corrected chi connectivity index (χ0v) is 29.0. The highest BCUT2D eigenvalue weighted by Gasteiger charge is 2.36. The Morgan fingerprint density at radius 2 is 0.680 bits per heavy atom. The maximum absolute atomic E-state index is 2.43. The summed E-state index contributed by atoms with van der Waals surface area (Å²) in [4.78, 5) is 0. The molecule has 0 fully saturated rings. The first kappa shape index (κ1) is 29.2. The van der Waals surface area contributed by atoms with E-state index in [4.69, 9.17) is 0 Å². The zero-order valence-electron chi connectivity index (χ0n) is 29.0. The van der Waals surface area contributed by atoms with Gasteiger partial charge >= 0.3 is 0 Å². The van der Waals surface area contributed by atoms with Crippen molar-refractivity contribution >= 4 is 21.5 Å². The standard InChI is InChI=1S/C50H38/c1-49(2)45-15-9-7-13-40(45)43-29-34(21-23-47(43)49)37-25-36(33-20-19-32-18-17-31-11-5-6-12-39(31)42(32)28-33)26-38(27-37)35-22-24-48-44(30-35)41-14-8-10-16-46(41)50(48,3)4/h5-30H,1-4H3. The van der Waals surface area contributed by atoms with Crippen LogP contribution in [-0.4, -0.2) is 0 Å². The van der Waals surface area contributed by atoms with Gasteiger partial charge in [0.1, 0.15) is 0 Å². The maximum Gasteiger partial charge on any atom is 0.0158 e. The minimum absolute atomic E-state index is 0.0141. The summed E-state index contributed by atoms with van der Waals surface area (Å²) in [7, 11) is 0. The van der Waals surface area contributed by atoms with Crippen molar-refractivity contribution in [3.05, 3.63) is 180 Å². The summed E-state index contributed by atoms with van der Waals surface area (Å²) >= 11 is 0. The molecular formula is C50H38. The molecule has 0 nitrogen and oxygen atoms in total. The van der Waals surface area contributed by atoms with Crippen LogP contribution in [0.25, 0.3) is 77.2 Å². The number of hydrogen-bond acceptors (Lipinski definition) is 0. The monoisotopic (exact) mass is 638 g/mol. The molecule has 0 spiro atoms. The fourth-order valence-electron chi connectivity index (χ4n) is 9.11. The number of benzene rings is 8. The van der Waals surface area contributed by atoms with Crippen LogP contribution in [0.2, 0.25) is 0 Å². The molecular weight excluding hydrogens is 601 g/mol. The molecule has 0 saturated carbocycles. The number of rotatable bonds is 3. The largest absolute Gasteiger partial charge is 0.0619 e. The molecule has 0 bridgehead atoms. The summed E-state index contributed by atoms with van der Waals surface area (Å²) in [6.45, 7) is 9.42. The normalized spacial score (nSPS) is 14.7. The molecule has 50 heavy (non-hydrogen) atoms. The van der Waals surface area contributed by atoms with Gasteiger partial charge in [0, 0.05) is 10.8 Å². The summed E-state index contributed by atoms with van der Waals surface area (Å²) in [5, 5.41) is 5.13. The smallest absolute Gasteiger partial charge is 0.0158 e. The van der Waals surface area contributed by atoms with Gasteiger partial charge in [-0.05, 0) is 136 Å². The number of hydrogen-bond donors (Lipinski definition) is 0. The molecule has 238 valence electrons. The molecule has 0 amide bonds. The maximum atomic E-state index is 2.43. The van der Waals surface area contributed by atoms with E-state index in [1.807, 2.05) is 0 Å². The fraction of sp³-hybridized carbons (Fsp3) is 0.120. The quantitative estimate of drug-likeness (QED) is 0.169. The highest BCUT2D eigenvalue weighted by atomic mass is 14.4. The van der Waals surface area contributed by atoms with Crippen LogP contribution >= 0.6 is 0 Å². The van der Waals surface area contributed by atoms with Crippen molar-refractivity contribution in [1.29, 1.82) is 0 Å². The summed E-state index contributed by atoms with van der Waals surface area (Å²) in [6.07, 6.45) is 0. The van der Waals surface area contributed by atoms with Gasteiger partial charge in [0.05, 0.1) is 0 Å². The van der Waals surface area contributed by atoms with E-state index in [1.54, 1.807) is 0 Å².